The van der Waals surface area contributed by atoms with Crippen LogP contribution >= 0.6 is 0 Å². The standard InChI is InChI=1S/C5H4N/c6-4-5-2-1-3-5/h2-3H,1H2. The SMILES string of the molecule is N#CC1=CC[CH]1. The van der Waals surface area contributed by atoms with E-state index in [-0.39, 0.29) is 0 Å². The molecule has 0 spiro atoms. The minimum Gasteiger partial charge on any atom is -0.193 e. The molecule has 1 heteroatoms. The third-order valence-corrected chi connectivity index (χ3v) is 0.805. The van der Waals surface area contributed by atoms with Crippen LogP contribution in [0.2, 0.25) is 0 Å². The van der Waals surface area contributed by atoms with Crippen molar-refractivity contribution in [2.45, 2.75) is 6.42 Å². The molecule has 0 aliphatic heterocycles. The molecule has 0 N–H and O–H groups in total. The Kier molecular flexibility index (Phi) is 0.648. The highest BCUT2D eigenvalue weighted by molar-refractivity contribution is 5.37. The van der Waals surface area contributed by atoms with Crippen LogP contribution in [-0.2, 0) is 0 Å². The van der Waals surface area contributed by atoms with Gasteiger partial charge < -0.3 is 0 Å². The molecule has 0 atom stereocenters. The van der Waals surface area contributed by atoms with Gasteiger partial charge in [-0.1, -0.05) is 6.08 Å². The van der Waals surface area contributed by atoms with E-state index in [1.54, 1.807) is 0 Å². The maximum Gasteiger partial charge on any atom is 0.0947 e. The van der Waals surface area contributed by atoms with Crippen LogP contribution in [-0.4, -0.2) is 0 Å². The fraction of sp³-hybridized carbons (Fsp3) is 0.200. The summed E-state index contributed by atoms with van der Waals surface area (Å²) in [5, 5.41) is 8.04. The number of allylic oxidation sites excluding steroid dienone is 2. The number of nitrogens with zero attached hydrogens (tertiary/aromatic N) is 1. The van der Waals surface area contributed by atoms with Gasteiger partial charge in [0.05, 0.1) is 6.07 Å². The van der Waals surface area contributed by atoms with Crippen LogP contribution < -0.4 is 0 Å². The topological polar surface area (TPSA) is 23.8 Å². The molecule has 6 heavy (non-hydrogen) atoms. The molecule has 1 aliphatic rings. The molecule has 0 aromatic heterocycles. The molecule has 1 aliphatic carbocycles. The third-order valence-electron chi connectivity index (χ3n) is 0.805. The van der Waals surface area contributed by atoms with Crippen LogP contribution in [0.1, 0.15) is 6.42 Å². The fourth-order valence-electron chi connectivity index (χ4n) is 0.327. The first-order chi connectivity index (χ1) is 2.93. The third kappa shape index (κ3) is 0.307. The zero-order chi connectivity index (χ0) is 4.41. The lowest BCUT2D eigenvalue weighted by molar-refractivity contribution is 1.13. The number of hydrogen-bond donors (Lipinski definition) is 0. The Morgan fingerprint density at radius 2 is 2.50 bits per heavy atom. The Morgan fingerprint density at radius 1 is 1.83 bits per heavy atom. The molecule has 0 aromatic rings. The molecule has 0 heterocycles. The van der Waals surface area contributed by atoms with Gasteiger partial charge in [-0.3, -0.25) is 0 Å². The summed E-state index contributed by atoms with van der Waals surface area (Å²) in [4.78, 5) is 0. The summed E-state index contributed by atoms with van der Waals surface area (Å²) in [5.41, 5.74) is 0.829. The van der Waals surface area contributed by atoms with Gasteiger partial charge in [-0.25, -0.2) is 0 Å². The molecule has 0 saturated heterocycles. The Morgan fingerprint density at radius 3 is 2.50 bits per heavy atom. The van der Waals surface area contributed by atoms with Crippen molar-refractivity contribution in [3.8, 4) is 6.07 Å². The molecular weight excluding hydrogens is 74.1 g/mol. The van der Waals surface area contributed by atoms with E-state index in [0.717, 1.165) is 12.0 Å². The van der Waals surface area contributed by atoms with Gasteiger partial charge in [0.1, 0.15) is 0 Å². The van der Waals surface area contributed by atoms with Crippen molar-refractivity contribution in [3.05, 3.63) is 18.1 Å². The van der Waals surface area contributed by atoms with Gasteiger partial charge in [0.15, 0.2) is 0 Å². The normalized spacial score (nSPS) is 17.5. The van der Waals surface area contributed by atoms with E-state index in [1.807, 2.05) is 18.6 Å². The van der Waals surface area contributed by atoms with Crippen LogP contribution in [0.15, 0.2) is 11.6 Å². The van der Waals surface area contributed by atoms with E-state index >= 15 is 0 Å². The Hall–Kier alpha value is -0.770. The first-order valence-corrected chi connectivity index (χ1v) is 1.87. The molecule has 1 radical (unpaired) electrons. The lowest BCUT2D eigenvalue weighted by Gasteiger charge is -2.01. The monoisotopic (exact) mass is 78.0 g/mol. The molecule has 1 nitrogen and oxygen atoms in total. The summed E-state index contributed by atoms with van der Waals surface area (Å²) >= 11 is 0. The van der Waals surface area contributed by atoms with E-state index in [1.165, 1.54) is 0 Å². The van der Waals surface area contributed by atoms with Gasteiger partial charge in [0.25, 0.3) is 0 Å². The highest BCUT2D eigenvalue weighted by Crippen LogP contribution is 2.13. The maximum absolute atomic E-state index is 8.04. The summed E-state index contributed by atoms with van der Waals surface area (Å²) in [6.07, 6.45) is 4.79. The Bertz CT molecular complexity index is 116. The van der Waals surface area contributed by atoms with Crippen LogP contribution in [0.5, 0.6) is 0 Å². The second kappa shape index (κ2) is 1.14. The minimum absolute atomic E-state index is 0.829. The second-order valence-electron chi connectivity index (χ2n) is 1.21. The van der Waals surface area contributed by atoms with Crippen LogP contribution in [0.3, 0.4) is 0 Å². The summed E-state index contributed by atoms with van der Waals surface area (Å²) in [7, 11) is 0. The van der Waals surface area contributed by atoms with Crippen LogP contribution in [0.25, 0.3) is 0 Å². The van der Waals surface area contributed by atoms with Gasteiger partial charge in [-0.2, -0.15) is 5.26 Å². The van der Waals surface area contributed by atoms with Gasteiger partial charge in [-0.05, 0) is 6.42 Å². The van der Waals surface area contributed by atoms with E-state index in [2.05, 4.69) is 0 Å². The van der Waals surface area contributed by atoms with Gasteiger partial charge in [0.2, 0.25) is 0 Å². The van der Waals surface area contributed by atoms with Crippen molar-refractivity contribution in [2.75, 3.05) is 0 Å². The quantitative estimate of drug-likeness (QED) is 0.424. The molecule has 0 saturated carbocycles. The van der Waals surface area contributed by atoms with Crippen molar-refractivity contribution >= 4 is 0 Å². The first-order valence-electron chi connectivity index (χ1n) is 1.87. The average Bonchev–Trinajstić information content (AvgIpc) is 1.31. The molecule has 0 fully saturated rings. The lowest BCUT2D eigenvalue weighted by Crippen LogP contribution is -1.89. The average molecular weight is 78.1 g/mol. The summed E-state index contributed by atoms with van der Waals surface area (Å²) in [6, 6.07) is 2.01. The number of nitriles is 1. The predicted molar refractivity (Wildman–Crippen MR) is 22.6 cm³/mol. The summed E-state index contributed by atoms with van der Waals surface area (Å²) < 4.78 is 0. The molecule has 0 aromatic carbocycles. The zero-order valence-electron chi connectivity index (χ0n) is 3.31. The van der Waals surface area contributed by atoms with Crippen molar-refractivity contribution in [2.24, 2.45) is 0 Å². The van der Waals surface area contributed by atoms with Crippen molar-refractivity contribution in [1.82, 2.24) is 0 Å². The molecule has 1 rings (SSSR count). The zero-order valence-corrected chi connectivity index (χ0v) is 3.31. The van der Waals surface area contributed by atoms with Crippen molar-refractivity contribution in [3.63, 3.8) is 0 Å². The highest BCUT2D eigenvalue weighted by atomic mass is 14.3. The first kappa shape index (κ1) is 3.42. The van der Waals surface area contributed by atoms with Crippen LogP contribution in [0.4, 0.5) is 0 Å². The molecular formula is C5H4N. The number of hydrogen-bond acceptors (Lipinski definition) is 1. The molecule has 0 amide bonds. The van der Waals surface area contributed by atoms with E-state index in [0.29, 0.717) is 0 Å². The summed E-state index contributed by atoms with van der Waals surface area (Å²) in [5.74, 6) is 0. The summed E-state index contributed by atoms with van der Waals surface area (Å²) in [6.45, 7) is 0. The molecule has 29 valence electrons. The molecule has 0 unspecified atom stereocenters. The van der Waals surface area contributed by atoms with Crippen molar-refractivity contribution < 1.29 is 0 Å². The molecule has 0 bridgehead atoms. The minimum atomic E-state index is 0.829. The highest BCUT2D eigenvalue weighted by Gasteiger charge is 2.01. The van der Waals surface area contributed by atoms with Crippen LogP contribution in [0, 0.1) is 17.8 Å². The lowest BCUT2D eigenvalue weighted by atomic mass is 10.0. The van der Waals surface area contributed by atoms with Gasteiger partial charge in [-0.15, -0.1) is 0 Å². The largest absolute Gasteiger partial charge is 0.193 e. The van der Waals surface area contributed by atoms with Crippen molar-refractivity contribution in [1.29, 1.82) is 5.26 Å². The van der Waals surface area contributed by atoms with Gasteiger partial charge >= 0.3 is 0 Å². The second-order valence-corrected chi connectivity index (χ2v) is 1.21. The fourth-order valence-corrected chi connectivity index (χ4v) is 0.327. The predicted octanol–water partition coefficient (Wildman–Crippen LogP) is 1.04. The van der Waals surface area contributed by atoms with E-state index < -0.39 is 0 Å². The Labute approximate surface area is 36.9 Å². The van der Waals surface area contributed by atoms with E-state index in [9.17, 15) is 0 Å². The maximum atomic E-state index is 8.04. The van der Waals surface area contributed by atoms with E-state index in [4.69, 9.17) is 5.26 Å². The number of rotatable bonds is 0. The smallest absolute Gasteiger partial charge is 0.0947 e. The Balaban J connectivity index is 2.60. The van der Waals surface area contributed by atoms with Gasteiger partial charge in [0, 0.05) is 12.0 Å².